The first-order valence-corrected chi connectivity index (χ1v) is 25.1. The average Bonchev–Trinajstić information content (AvgIpc) is 4.27. The van der Waals surface area contributed by atoms with E-state index < -0.39 is 0 Å². The first kappa shape index (κ1) is 76.0. The van der Waals surface area contributed by atoms with Gasteiger partial charge in [0.2, 0.25) is 27.5 Å². The van der Waals surface area contributed by atoms with Crippen LogP contribution in [0.25, 0.3) is 48.3 Å². The summed E-state index contributed by atoms with van der Waals surface area (Å²) in [5.41, 5.74) is 10.6. The van der Waals surface area contributed by atoms with Gasteiger partial charge in [-0.2, -0.15) is 15.8 Å². The van der Waals surface area contributed by atoms with Crippen molar-refractivity contribution in [1.29, 1.82) is 15.8 Å². The molecule has 0 saturated heterocycles. The van der Waals surface area contributed by atoms with Gasteiger partial charge in [0.05, 0.1) is 61.3 Å². The fraction of sp³-hybridized carbons (Fsp3) is 0.190. The topological polar surface area (TPSA) is 179 Å². The minimum atomic E-state index is 0. The molecule has 80 heavy (non-hydrogen) atoms. The molecule has 9 rings (SSSR count). The zero-order valence-corrected chi connectivity index (χ0v) is 51.6. The Bertz CT molecular complexity index is 3110. The summed E-state index contributed by atoms with van der Waals surface area (Å²) in [6.07, 6.45) is 12.8. The van der Waals surface area contributed by atoms with Gasteiger partial charge in [-0.15, -0.1) is 17.0 Å². The van der Waals surface area contributed by atoms with Crippen LogP contribution in [0.4, 0.5) is 0 Å². The standard InChI is InChI=1S/C19H18N3.C16H14N2.C12H11N3.C7H7Br.4C2H3N.CH4O.BrH.Na.H2O/c20-12-7-13-21-15-19(18-10-5-2-6-11-18)22(16-21)14-17-8-3-1-4-9-17;1-3-7-14(8-4-1)12-18-13-17-11-16(18)15-9-5-2-6-10-15;13-7-4-8-15-9-12(14-10-15)11-5-2-1-3-6-11;8-6-7-4-2-1-3-5-7;3*1-3-2;1-2-3;1-2;;;/h1-6,8-11,15-16H,7,13-14H2;1-11,13H,12H2;1-3,5-6,9-10H,4,8H2;1-5H,6H2;4*1H3;2H,1H3;1H;;1H2/q+1;;;;;;;;;;+1;/p-1. The van der Waals surface area contributed by atoms with Crippen LogP contribution in [0.5, 0.6) is 0 Å². The third kappa shape index (κ3) is 32.5. The predicted octanol–water partition coefficient (Wildman–Crippen LogP) is 11.2. The zero-order valence-electron chi connectivity index (χ0n) is 46.3. The van der Waals surface area contributed by atoms with Crippen LogP contribution in [0.2, 0.25) is 0 Å². The van der Waals surface area contributed by atoms with E-state index in [4.69, 9.17) is 40.6 Å². The maximum Gasteiger partial charge on any atom is 1.00 e. The summed E-state index contributed by atoms with van der Waals surface area (Å²) in [5, 5.41) is 32.5. The van der Waals surface area contributed by atoms with Gasteiger partial charge in [0, 0.05) is 49.8 Å². The van der Waals surface area contributed by atoms with Gasteiger partial charge in [0.15, 0.2) is 5.69 Å². The number of hydrogen-bond donors (Lipinski definition) is 1. The zero-order chi connectivity index (χ0) is 56.6. The number of imidazole rings is 3. The van der Waals surface area contributed by atoms with Gasteiger partial charge in [0.1, 0.15) is 19.3 Å². The van der Waals surface area contributed by atoms with Gasteiger partial charge in [-0.05, 0) is 22.3 Å². The number of aryl methyl sites for hydroxylation is 2. The summed E-state index contributed by atoms with van der Waals surface area (Å²) in [7, 11) is 5.25. The molecular weight excluding hydrogens is 1140 g/mol. The van der Waals surface area contributed by atoms with E-state index in [-0.39, 0.29) is 52.0 Å². The molecule has 406 valence electrons. The molecule has 0 spiro atoms. The summed E-state index contributed by atoms with van der Waals surface area (Å²) in [6, 6.07) is 67.9. The molecule has 0 radical (unpaired) electrons. The van der Waals surface area contributed by atoms with Crippen LogP contribution in [0.1, 0.15) is 36.5 Å². The number of aliphatic hydroxyl groups is 1. The van der Waals surface area contributed by atoms with Crippen molar-refractivity contribution in [3.05, 3.63) is 271 Å². The number of halogens is 2. The molecule has 0 fully saturated rings. The Kier molecular flexibility index (Phi) is 48.9. The third-order valence-electron chi connectivity index (χ3n) is 9.79. The average molecular weight is 1210 g/mol. The van der Waals surface area contributed by atoms with Crippen LogP contribution in [-0.2, 0) is 31.5 Å². The number of benzene rings is 6. The molecule has 0 saturated carbocycles. The molecule has 0 amide bonds. The summed E-state index contributed by atoms with van der Waals surface area (Å²) in [4.78, 5) is 16.8. The fourth-order valence-corrected chi connectivity index (χ4v) is 7.00. The van der Waals surface area contributed by atoms with Gasteiger partial charge in [-0.25, -0.2) is 38.8 Å². The van der Waals surface area contributed by atoms with Gasteiger partial charge >= 0.3 is 29.6 Å². The smallest absolute Gasteiger partial charge is 0.870 e. The summed E-state index contributed by atoms with van der Waals surface area (Å²) in [6.45, 7) is 22.0. The number of aliphatic hydroxyl groups excluding tert-OH is 1. The SMILES string of the molecule is Br.BrCc1ccccc1.CC#N.CO.N#CCC[n+]1cc(-c2ccccc2)n(Cc2ccccc2)c1.N#CCCn1cnc(-c2ccccc2)c1.[C-]#[N+]C.[C-]#[N+]C.[C-]#[N+]C.[Na+].[OH-].c1ccc(Cn2cncc2-c2ccccc2)cc1. The van der Waals surface area contributed by atoms with Crippen molar-refractivity contribution in [3.8, 4) is 52.0 Å². The first-order valence-electron chi connectivity index (χ1n) is 24.0. The molecule has 17 heteroatoms. The number of hydrogen-bond acceptors (Lipinski definition) is 7. The Morgan fingerprint density at radius 2 is 0.950 bits per heavy atom. The van der Waals surface area contributed by atoms with E-state index in [9.17, 15) is 0 Å². The van der Waals surface area contributed by atoms with Gasteiger partial charge < -0.3 is 34.3 Å². The van der Waals surface area contributed by atoms with Crippen molar-refractivity contribution in [2.75, 3.05) is 28.3 Å². The van der Waals surface area contributed by atoms with Crippen molar-refractivity contribution in [2.45, 2.75) is 51.3 Å². The van der Waals surface area contributed by atoms with Crippen LogP contribution < -0.4 is 34.1 Å². The number of rotatable bonds is 12. The summed E-state index contributed by atoms with van der Waals surface area (Å²) >= 11 is 3.36. The molecule has 9 aromatic rings. The Morgan fingerprint density at radius 1 is 0.575 bits per heavy atom. The van der Waals surface area contributed by atoms with Crippen molar-refractivity contribution in [3.63, 3.8) is 0 Å². The molecule has 2 N–H and O–H groups in total. The molecule has 0 atom stereocenters. The normalized spacial score (nSPS) is 8.41. The van der Waals surface area contributed by atoms with Crippen molar-refractivity contribution in [2.24, 2.45) is 0 Å². The van der Waals surface area contributed by atoms with Crippen molar-refractivity contribution < 1.29 is 44.7 Å². The molecule has 0 bridgehead atoms. The second-order valence-corrected chi connectivity index (χ2v) is 15.9. The Balaban J connectivity index is -0.000000932. The van der Waals surface area contributed by atoms with E-state index in [2.05, 4.69) is 188 Å². The summed E-state index contributed by atoms with van der Waals surface area (Å²) < 4.78 is 8.44. The van der Waals surface area contributed by atoms with Crippen LogP contribution in [-0.4, -0.2) is 62.5 Å². The molecular formula is C63H68Br2N12NaO2+. The van der Waals surface area contributed by atoms with Crippen LogP contribution in [0.15, 0.2) is 220 Å². The monoisotopic (exact) mass is 1210 g/mol. The van der Waals surface area contributed by atoms with Crippen molar-refractivity contribution >= 4 is 32.9 Å². The predicted molar refractivity (Wildman–Crippen MR) is 325 cm³/mol. The Hall–Kier alpha value is -8.23. The number of alkyl halides is 1. The van der Waals surface area contributed by atoms with Crippen LogP contribution in [0.3, 0.4) is 0 Å². The molecule has 14 nitrogen and oxygen atoms in total. The molecule has 6 aromatic carbocycles. The maximum atomic E-state index is 8.79. The number of aromatic nitrogens is 6. The molecule has 0 aliphatic rings. The number of nitrogens with zero attached hydrogens (tertiary/aromatic N) is 12. The van der Waals surface area contributed by atoms with Gasteiger partial charge in [-0.3, -0.25) is 0 Å². The number of nitriles is 3. The molecule has 0 aliphatic carbocycles. The Morgan fingerprint density at radius 3 is 1.35 bits per heavy atom. The van der Waals surface area contributed by atoms with E-state index in [1.54, 1.807) is 12.4 Å². The molecule has 0 aliphatic heterocycles. The van der Waals surface area contributed by atoms with Crippen LogP contribution >= 0.6 is 32.9 Å². The quantitative estimate of drug-likeness (QED) is 0.0547. The fourth-order valence-electron chi connectivity index (χ4n) is 6.63. The minimum Gasteiger partial charge on any atom is -0.870 e. The van der Waals surface area contributed by atoms with E-state index in [1.807, 2.05) is 96.1 Å². The Labute approximate surface area is 515 Å². The largest absolute Gasteiger partial charge is 1.00 e. The second kappa shape index (κ2) is 51.5. The minimum absolute atomic E-state index is 0. The van der Waals surface area contributed by atoms with Gasteiger partial charge in [-0.1, -0.05) is 198 Å². The molecule has 3 aromatic heterocycles. The van der Waals surface area contributed by atoms with Crippen molar-refractivity contribution in [1.82, 2.24) is 23.7 Å². The molecule has 3 heterocycles. The van der Waals surface area contributed by atoms with E-state index in [0.29, 0.717) is 19.4 Å². The molecule has 0 unspecified atom stereocenters. The maximum absolute atomic E-state index is 8.79. The first-order chi connectivity index (χ1) is 37.8. The summed E-state index contributed by atoms with van der Waals surface area (Å²) in [5.74, 6) is 0. The third-order valence-corrected chi connectivity index (χ3v) is 10.4. The van der Waals surface area contributed by atoms with E-state index in [0.717, 1.165) is 49.0 Å². The van der Waals surface area contributed by atoms with E-state index >= 15 is 0 Å². The second-order valence-electron chi connectivity index (χ2n) is 15.3. The van der Waals surface area contributed by atoms with Gasteiger partial charge in [0.25, 0.3) is 0 Å². The van der Waals surface area contributed by atoms with Crippen LogP contribution in [0, 0.1) is 53.7 Å². The van der Waals surface area contributed by atoms with E-state index in [1.165, 1.54) is 61.6 Å².